The lowest BCUT2D eigenvalue weighted by Gasteiger charge is -2.33. The number of piperidine rings is 1. The molecule has 2 fully saturated rings. The fourth-order valence-electron chi connectivity index (χ4n) is 4.90. The van der Waals surface area contributed by atoms with Crippen LogP contribution in [0.1, 0.15) is 37.8 Å². The summed E-state index contributed by atoms with van der Waals surface area (Å²) in [6.07, 6.45) is 0.563. The number of alkyl halides is 3. The Bertz CT molecular complexity index is 996. The Morgan fingerprint density at radius 2 is 1.78 bits per heavy atom. The summed E-state index contributed by atoms with van der Waals surface area (Å²) < 4.78 is 38.7. The first-order chi connectivity index (χ1) is 17.3. The molecule has 0 unspecified atom stereocenters. The van der Waals surface area contributed by atoms with Gasteiger partial charge in [0.1, 0.15) is 5.69 Å². The Morgan fingerprint density at radius 1 is 1.03 bits per heavy atom. The van der Waals surface area contributed by atoms with E-state index in [2.05, 4.69) is 32.2 Å². The zero-order valence-corrected chi connectivity index (χ0v) is 21.1. The van der Waals surface area contributed by atoms with Gasteiger partial charge in [-0.1, -0.05) is 11.6 Å². The van der Waals surface area contributed by atoms with E-state index in [1.54, 1.807) is 6.07 Å². The van der Waals surface area contributed by atoms with E-state index in [1.807, 2.05) is 17.0 Å². The molecule has 2 saturated heterocycles. The minimum atomic E-state index is -4.46. The standard InChI is InChI=1S/C26H33ClF3N5O/c27-20-4-6-23(7-5-20)34-14-2-13-33(17-18-34)12-1-3-25(36)35-15-9-21(10-16-35)32-22-8-11-31-24(19-22)26(28,29)30/h4-8,11,19,21H,1-3,9-10,12-18H2,(H,31,32). The number of pyridine rings is 1. The number of hydrogen-bond donors (Lipinski definition) is 1. The van der Waals surface area contributed by atoms with E-state index in [0.717, 1.165) is 56.7 Å². The number of hydrogen-bond acceptors (Lipinski definition) is 5. The molecule has 2 aromatic rings. The molecule has 2 aliphatic rings. The molecule has 1 aromatic heterocycles. The van der Waals surface area contributed by atoms with Crippen LogP contribution in [0.4, 0.5) is 24.5 Å². The highest BCUT2D eigenvalue weighted by Crippen LogP contribution is 2.29. The smallest absolute Gasteiger partial charge is 0.382 e. The van der Waals surface area contributed by atoms with Gasteiger partial charge in [0.2, 0.25) is 5.91 Å². The molecule has 3 heterocycles. The van der Waals surface area contributed by atoms with Crippen LogP contribution in [-0.2, 0) is 11.0 Å². The Morgan fingerprint density at radius 3 is 2.50 bits per heavy atom. The average molecular weight is 524 g/mol. The molecule has 196 valence electrons. The van der Waals surface area contributed by atoms with Gasteiger partial charge in [-0.15, -0.1) is 0 Å². The van der Waals surface area contributed by atoms with E-state index in [0.29, 0.717) is 38.0 Å². The monoisotopic (exact) mass is 523 g/mol. The molecule has 0 radical (unpaired) electrons. The summed E-state index contributed by atoms with van der Waals surface area (Å²) >= 11 is 6.01. The number of likely N-dealkylation sites (tertiary alicyclic amines) is 1. The molecule has 1 N–H and O–H groups in total. The first-order valence-electron chi connectivity index (χ1n) is 12.6. The van der Waals surface area contributed by atoms with Gasteiger partial charge in [-0.3, -0.25) is 9.78 Å². The van der Waals surface area contributed by atoms with Crippen LogP contribution in [0.3, 0.4) is 0 Å². The molecule has 36 heavy (non-hydrogen) atoms. The summed E-state index contributed by atoms with van der Waals surface area (Å²) in [5.74, 6) is 0.161. The third-order valence-corrected chi connectivity index (χ3v) is 7.17. The number of carbonyl (C=O) groups is 1. The van der Waals surface area contributed by atoms with Crippen LogP contribution < -0.4 is 10.2 Å². The van der Waals surface area contributed by atoms with Crippen LogP contribution in [0, 0.1) is 0 Å². The van der Waals surface area contributed by atoms with Crippen LogP contribution in [0.15, 0.2) is 42.6 Å². The molecule has 0 spiro atoms. The summed E-state index contributed by atoms with van der Waals surface area (Å²) in [6.45, 7) is 6.11. The van der Waals surface area contributed by atoms with Crippen molar-refractivity contribution >= 4 is 28.9 Å². The van der Waals surface area contributed by atoms with Crippen molar-refractivity contribution in [3.8, 4) is 0 Å². The minimum Gasteiger partial charge on any atom is -0.382 e. The Labute approximate surface area is 215 Å². The largest absolute Gasteiger partial charge is 0.433 e. The molecule has 6 nitrogen and oxygen atoms in total. The molecule has 0 aliphatic carbocycles. The van der Waals surface area contributed by atoms with E-state index in [4.69, 9.17) is 11.6 Å². The third kappa shape index (κ3) is 7.49. The normalized spacial score (nSPS) is 18.2. The highest BCUT2D eigenvalue weighted by atomic mass is 35.5. The van der Waals surface area contributed by atoms with E-state index in [1.165, 1.54) is 11.9 Å². The van der Waals surface area contributed by atoms with Crippen molar-refractivity contribution in [1.82, 2.24) is 14.8 Å². The Kier molecular flexibility index (Phi) is 8.95. The van der Waals surface area contributed by atoms with Crippen LogP contribution in [0.5, 0.6) is 0 Å². The first-order valence-corrected chi connectivity index (χ1v) is 13.0. The number of nitrogens with zero attached hydrogens (tertiary/aromatic N) is 4. The van der Waals surface area contributed by atoms with Gasteiger partial charge in [0, 0.05) is 67.8 Å². The van der Waals surface area contributed by atoms with E-state index in [9.17, 15) is 18.0 Å². The van der Waals surface area contributed by atoms with Gasteiger partial charge in [0.05, 0.1) is 0 Å². The maximum atomic E-state index is 12.9. The molecule has 1 aromatic carbocycles. The van der Waals surface area contributed by atoms with E-state index in [-0.39, 0.29) is 11.9 Å². The van der Waals surface area contributed by atoms with Crippen molar-refractivity contribution in [3.05, 3.63) is 53.3 Å². The zero-order valence-electron chi connectivity index (χ0n) is 20.3. The number of aromatic nitrogens is 1. The molecule has 10 heteroatoms. The molecule has 0 atom stereocenters. The zero-order chi connectivity index (χ0) is 25.5. The highest BCUT2D eigenvalue weighted by molar-refractivity contribution is 6.30. The number of carbonyl (C=O) groups excluding carboxylic acids is 1. The number of nitrogens with one attached hydrogen (secondary N) is 1. The van der Waals surface area contributed by atoms with Crippen LogP contribution in [0.2, 0.25) is 5.02 Å². The highest BCUT2D eigenvalue weighted by Gasteiger charge is 2.32. The lowest BCUT2D eigenvalue weighted by molar-refractivity contribution is -0.141. The van der Waals surface area contributed by atoms with Gasteiger partial charge in [-0.05, 0) is 75.2 Å². The third-order valence-electron chi connectivity index (χ3n) is 6.91. The predicted molar refractivity (Wildman–Crippen MR) is 136 cm³/mol. The maximum Gasteiger partial charge on any atom is 0.433 e. The predicted octanol–water partition coefficient (Wildman–Crippen LogP) is 5.15. The van der Waals surface area contributed by atoms with Gasteiger partial charge in [-0.2, -0.15) is 13.2 Å². The van der Waals surface area contributed by atoms with Crippen molar-refractivity contribution < 1.29 is 18.0 Å². The number of halogens is 4. The Balaban J connectivity index is 1.15. The number of amides is 1. The molecule has 1 amide bonds. The lowest BCUT2D eigenvalue weighted by atomic mass is 10.0. The molecule has 0 saturated carbocycles. The first kappa shape index (κ1) is 26.5. The second-order valence-corrected chi connectivity index (χ2v) is 9.93. The summed E-state index contributed by atoms with van der Waals surface area (Å²) in [7, 11) is 0. The number of rotatable bonds is 7. The fraction of sp³-hybridized carbons (Fsp3) is 0.538. The number of anilines is 2. The molecular weight excluding hydrogens is 491 g/mol. The molecular formula is C26H33ClF3N5O. The van der Waals surface area contributed by atoms with Crippen molar-refractivity contribution in [3.63, 3.8) is 0 Å². The summed E-state index contributed by atoms with van der Waals surface area (Å²) in [5.41, 5.74) is 0.704. The van der Waals surface area contributed by atoms with Crippen LogP contribution in [0.25, 0.3) is 0 Å². The van der Waals surface area contributed by atoms with Gasteiger partial charge < -0.3 is 20.0 Å². The molecule has 0 bridgehead atoms. The van der Waals surface area contributed by atoms with Crippen molar-refractivity contribution in [1.29, 1.82) is 0 Å². The fourth-order valence-corrected chi connectivity index (χ4v) is 5.03. The quantitative estimate of drug-likeness (QED) is 0.544. The van der Waals surface area contributed by atoms with E-state index < -0.39 is 11.9 Å². The minimum absolute atomic E-state index is 0.0400. The number of benzene rings is 1. The Hall–Kier alpha value is -2.52. The summed E-state index contributed by atoms with van der Waals surface area (Å²) in [6, 6.07) is 10.6. The van der Waals surface area contributed by atoms with Gasteiger partial charge >= 0.3 is 6.18 Å². The SMILES string of the molecule is O=C(CCCN1CCCN(c2ccc(Cl)cc2)CC1)N1CCC(Nc2ccnc(C(F)(F)F)c2)CC1. The maximum absolute atomic E-state index is 12.9. The molecule has 2 aliphatic heterocycles. The topological polar surface area (TPSA) is 51.7 Å². The van der Waals surface area contributed by atoms with Gasteiger partial charge in [0.25, 0.3) is 0 Å². The summed E-state index contributed by atoms with van der Waals surface area (Å²) in [5, 5.41) is 3.91. The van der Waals surface area contributed by atoms with Crippen LogP contribution in [-0.4, -0.2) is 72.5 Å². The lowest BCUT2D eigenvalue weighted by Crippen LogP contribution is -2.42. The van der Waals surface area contributed by atoms with Crippen molar-refractivity contribution in [2.24, 2.45) is 0 Å². The second kappa shape index (κ2) is 12.1. The summed E-state index contributed by atoms with van der Waals surface area (Å²) in [4.78, 5) is 22.8. The van der Waals surface area contributed by atoms with E-state index >= 15 is 0 Å². The van der Waals surface area contributed by atoms with Crippen molar-refractivity contribution in [2.45, 2.75) is 44.3 Å². The van der Waals surface area contributed by atoms with Gasteiger partial charge in [-0.25, -0.2) is 0 Å². The molecule has 4 rings (SSSR count). The average Bonchev–Trinajstić information content (AvgIpc) is 3.10. The van der Waals surface area contributed by atoms with Gasteiger partial charge in [0.15, 0.2) is 0 Å². The second-order valence-electron chi connectivity index (χ2n) is 9.49. The van der Waals surface area contributed by atoms with Crippen LogP contribution >= 0.6 is 11.6 Å². The van der Waals surface area contributed by atoms with Crippen molar-refractivity contribution in [2.75, 3.05) is 56.0 Å².